The van der Waals surface area contributed by atoms with Crippen LogP contribution < -0.4 is 5.32 Å². The van der Waals surface area contributed by atoms with Gasteiger partial charge in [-0.2, -0.15) is 5.10 Å². The van der Waals surface area contributed by atoms with Gasteiger partial charge in [0, 0.05) is 12.2 Å². The van der Waals surface area contributed by atoms with Crippen molar-refractivity contribution < 1.29 is 0 Å². The lowest BCUT2D eigenvalue weighted by Gasteiger charge is -2.01. The van der Waals surface area contributed by atoms with Gasteiger partial charge in [0.05, 0.1) is 12.2 Å². The molecule has 0 fully saturated rings. The summed E-state index contributed by atoms with van der Waals surface area (Å²) in [6.45, 7) is 6.02. The molecule has 0 aromatic carbocycles. The fourth-order valence-electron chi connectivity index (χ4n) is 1.12. The Balaban J connectivity index is 0. The largest absolute Gasteiger partial charge is 0.318 e. The van der Waals surface area contributed by atoms with Gasteiger partial charge < -0.3 is 5.32 Å². The van der Waals surface area contributed by atoms with Crippen molar-refractivity contribution in [2.75, 3.05) is 13.6 Å². The van der Waals surface area contributed by atoms with E-state index in [-0.39, 0.29) is 24.8 Å². The Hall–Kier alpha value is -0.250. The minimum Gasteiger partial charge on any atom is -0.318 e. The molecule has 13 heavy (non-hydrogen) atoms. The smallest absolute Gasteiger partial charge is 0.0596 e. The Morgan fingerprint density at radius 3 is 2.38 bits per heavy atom. The Kier molecular flexibility index (Phi) is 8.42. The highest BCUT2D eigenvalue weighted by Gasteiger charge is 1.97. The molecule has 0 atom stereocenters. The summed E-state index contributed by atoms with van der Waals surface area (Å²) in [5.41, 5.74) is 2.33. The summed E-state index contributed by atoms with van der Waals surface area (Å²) in [4.78, 5) is 0. The standard InChI is InChI=1S/C8H15N3.2ClH/c1-7-6-8(2)11(10-7)5-4-9-3;;/h6,9H,4-5H2,1-3H3;2*1H. The Labute approximate surface area is 91.7 Å². The molecule has 0 saturated heterocycles. The second-order valence-electron chi connectivity index (χ2n) is 2.75. The highest BCUT2D eigenvalue weighted by Crippen LogP contribution is 2.00. The molecular formula is C8H17Cl2N3. The lowest BCUT2D eigenvalue weighted by molar-refractivity contribution is 0.568. The highest BCUT2D eigenvalue weighted by molar-refractivity contribution is 5.85. The van der Waals surface area contributed by atoms with E-state index in [4.69, 9.17) is 0 Å². The summed E-state index contributed by atoms with van der Waals surface area (Å²) in [6, 6.07) is 2.09. The van der Waals surface area contributed by atoms with Crippen molar-refractivity contribution in [1.29, 1.82) is 0 Å². The van der Waals surface area contributed by atoms with E-state index in [0.29, 0.717) is 0 Å². The van der Waals surface area contributed by atoms with Gasteiger partial charge in [-0.1, -0.05) is 0 Å². The van der Waals surface area contributed by atoms with E-state index < -0.39 is 0 Å². The number of aromatic nitrogens is 2. The minimum absolute atomic E-state index is 0. The third-order valence-electron chi connectivity index (χ3n) is 1.68. The molecule has 1 aromatic rings. The van der Waals surface area contributed by atoms with Crippen LogP contribution in [0.3, 0.4) is 0 Å². The molecule has 0 radical (unpaired) electrons. The molecule has 78 valence electrons. The summed E-state index contributed by atoms with van der Waals surface area (Å²) in [6.07, 6.45) is 0. The van der Waals surface area contributed by atoms with Gasteiger partial charge in [-0.15, -0.1) is 24.8 Å². The zero-order chi connectivity index (χ0) is 8.27. The maximum atomic E-state index is 4.32. The summed E-state index contributed by atoms with van der Waals surface area (Å²) in [5.74, 6) is 0. The van der Waals surface area contributed by atoms with Crippen LogP contribution in [0.15, 0.2) is 6.07 Å². The first-order valence-corrected chi connectivity index (χ1v) is 3.89. The zero-order valence-electron chi connectivity index (χ0n) is 8.20. The molecule has 0 saturated carbocycles. The van der Waals surface area contributed by atoms with E-state index >= 15 is 0 Å². The number of nitrogens with zero attached hydrogens (tertiary/aromatic N) is 2. The van der Waals surface area contributed by atoms with E-state index in [1.165, 1.54) is 5.69 Å². The molecular weight excluding hydrogens is 209 g/mol. The van der Waals surface area contributed by atoms with Crippen LogP contribution >= 0.6 is 24.8 Å². The summed E-state index contributed by atoms with van der Waals surface area (Å²) in [7, 11) is 1.95. The third kappa shape index (κ3) is 4.50. The first-order valence-electron chi connectivity index (χ1n) is 3.89. The van der Waals surface area contributed by atoms with Gasteiger partial charge in [0.2, 0.25) is 0 Å². The zero-order valence-corrected chi connectivity index (χ0v) is 9.84. The fraction of sp³-hybridized carbons (Fsp3) is 0.625. The van der Waals surface area contributed by atoms with Crippen molar-refractivity contribution in [3.63, 3.8) is 0 Å². The van der Waals surface area contributed by atoms with Crippen molar-refractivity contribution in [2.24, 2.45) is 0 Å². The molecule has 0 aliphatic heterocycles. The number of hydrogen-bond acceptors (Lipinski definition) is 2. The molecule has 1 N–H and O–H groups in total. The fourth-order valence-corrected chi connectivity index (χ4v) is 1.12. The van der Waals surface area contributed by atoms with Crippen LogP contribution in [0.4, 0.5) is 0 Å². The van der Waals surface area contributed by atoms with Crippen LogP contribution in [-0.2, 0) is 6.54 Å². The molecule has 0 bridgehead atoms. The van der Waals surface area contributed by atoms with Gasteiger partial charge in [-0.3, -0.25) is 4.68 Å². The number of likely N-dealkylation sites (N-methyl/N-ethyl adjacent to an activating group) is 1. The maximum absolute atomic E-state index is 4.32. The monoisotopic (exact) mass is 225 g/mol. The Morgan fingerprint density at radius 2 is 2.00 bits per heavy atom. The lowest BCUT2D eigenvalue weighted by atomic mass is 10.4. The molecule has 0 unspecified atom stereocenters. The van der Waals surface area contributed by atoms with E-state index in [9.17, 15) is 0 Å². The second kappa shape index (κ2) is 7.18. The lowest BCUT2D eigenvalue weighted by Crippen LogP contribution is -2.16. The number of hydrogen-bond donors (Lipinski definition) is 1. The highest BCUT2D eigenvalue weighted by atomic mass is 35.5. The van der Waals surface area contributed by atoms with Crippen LogP contribution in [-0.4, -0.2) is 23.4 Å². The topological polar surface area (TPSA) is 29.9 Å². The van der Waals surface area contributed by atoms with Crippen LogP contribution in [0.5, 0.6) is 0 Å². The second-order valence-corrected chi connectivity index (χ2v) is 2.75. The van der Waals surface area contributed by atoms with Gasteiger partial charge >= 0.3 is 0 Å². The number of halogens is 2. The van der Waals surface area contributed by atoms with Crippen LogP contribution in [0, 0.1) is 13.8 Å². The predicted molar refractivity (Wildman–Crippen MR) is 60.1 cm³/mol. The molecule has 1 aromatic heterocycles. The van der Waals surface area contributed by atoms with Crippen molar-refractivity contribution in [2.45, 2.75) is 20.4 Å². The van der Waals surface area contributed by atoms with Gasteiger partial charge in [0.15, 0.2) is 0 Å². The number of rotatable bonds is 3. The predicted octanol–water partition coefficient (Wildman–Crippen LogP) is 1.56. The molecule has 0 spiro atoms. The molecule has 0 amide bonds. The number of aryl methyl sites for hydroxylation is 2. The van der Waals surface area contributed by atoms with E-state index in [1.54, 1.807) is 0 Å². The van der Waals surface area contributed by atoms with Gasteiger partial charge in [0.25, 0.3) is 0 Å². The van der Waals surface area contributed by atoms with Crippen molar-refractivity contribution >= 4 is 24.8 Å². The summed E-state index contributed by atoms with van der Waals surface area (Å²) >= 11 is 0. The van der Waals surface area contributed by atoms with Gasteiger partial charge in [-0.25, -0.2) is 0 Å². The Bertz CT molecular complexity index is 235. The SMILES string of the molecule is CNCCn1nc(C)cc1C.Cl.Cl. The van der Waals surface area contributed by atoms with Crippen LogP contribution in [0.1, 0.15) is 11.4 Å². The molecule has 1 heterocycles. The van der Waals surface area contributed by atoms with E-state index in [0.717, 1.165) is 18.8 Å². The average Bonchev–Trinajstić information content (AvgIpc) is 2.26. The van der Waals surface area contributed by atoms with E-state index in [1.807, 2.05) is 18.7 Å². The van der Waals surface area contributed by atoms with Gasteiger partial charge in [-0.05, 0) is 27.0 Å². The first-order chi connectivity index (χ1) is 5.24. The normalized spacial score (nSPS) is 8.85. The third-order valence-corrected chi connectivity index (χ3v) is 1.68. The van der Waals surface area contributed by atoms with Crippen molar-refractivity contribution in [3.05, 3.63) is 17.5 Å². The van der Waals surface area contributed by atoms with Crippen LogP contribution in [0.2, 0.25) is 0 Å². The first kappa shape index (κ1) is 15.2. The summed E-state index contributed by atoms with van der Waals surface area (Å²) < 4.78 is 2.02. The number of nitrogens with one attached hydrogen (secondary N) is 1. The Morgan fingerprint density at radius 1 is 1.38 bits per heavy atom. The van der Waals surface area contributed by atoms with Crippen molar-refractivity contribution in [3.8, 4) is 0 Å². The minimum atomic E-state index is 0. The average molecular weight is 226 g/mol. The quantitative estimate of drug-likeness (QED) is 0.847. The molecule has 1 rings (SSSR count). The van der Waals surface area contributed by atoms with E-state index in [2.05, 4.69) is 23.4 Å². The molecule has 0 aliphatic carbocycles. The van der Waals surface area contributed by atoms with Crippen LogP contribution in [0.25, 0.3) is 0 Å². The molecule has 0 aliphatic rings. The molecule has 3 nitrogen and oxygen atoms in total. The molecule has 5 heteroatoms. The van der Waals surface area contributed by atoms with Gasteiger partial charge in [0.1, 0.15) is 0 Å². The summed E-state index contributed by atoms with van der Waals surface area (Å²) in [5, 5.41) is 7.42. The van der Waals surface area contributed by atoms with Crippen molar-refractivity contribution in [1.82, 2.24) is 15.1 Å². The maximum Gasteiger partial charge on any atom is 0.0596 e.